The van der Waals surface area contributed by atoms with E-state index in [4.69, 9.17) is 0 Å². The molecule has 0 bridgehead atoms. The number of benzene rings is 1. The van der Waals surface area contributed by atoms with E-state index in [1.54, 1.807) is 6.92 Å². The van der Waals surface area contributed by atoms with Crippen molar-refractivity contribution in [1.29, 1.82) is 0 Å². The molecule has 18 heavy (non-hydrogen) atoms. The van der Waals surface area contributed by atoms with Gasteiger partial charge in [-0.1, -0.05) is 17.7 Å². The van der Waals surface area contributed by atoms with Gasteiger partial charge in [0.15, 0.2) is 0 Å². The van der Waals surface area contributed by atoms with Crippen molar-refractivity contribution < 1.29 is 4.79 Å². The minimum Gasteiger partial charge on any atom is -0.289 e. The number of nitrogens with one attached hydrogen (secondary N) is 2. The third-order valence-corrected chi connectivity index (χ3v) is 2.73. The molecular formula is C13H16N4O. The Bertz CT molecular complexity index is 578. The van der Waals surface area contributed by atoms with Crippen LogP contribution < -0.4 is 5.32 Å². The molecule has 1 amide bonds. The SMILES string of the molecule is Cc1cc(C)c(C(=O)Nc2n[nH]c(C)n2)c(C)c1. The molecule has 94 valence electrons. The quantitative estimate of drug-likeness (QED) is 0.851. The van der Waals surface area contributed by atoms with Crippen LogP contribution in [0.2, 0.25) is 0 Å². The summed E-state index contributed by atoms with van der Waals surface area (Å²) >= 11 is 0. The maximum atomic E-state index is 12.2. The van der Waals surface area contributed by atoms with Gasteiger partial charge in [0.1, 0.15) is 5.82 Å². The lowest BCUT2D eigenvalue weighted by atomic mass is 9.99. The lowest BCUT2D eigenvalue weighted by molar-refractivity contribution is 0.102. The number of anilines is 1. The monoisotopic (exact) mass is 244 g/mol. The molecular weight excluding hydrogens is 228 g/mol. The smallest absolute Gasteiger partial charge is 0.258 e. The van der Waals surface area contributed by atoms with E-state index in [1.807, 2.05) is 32.9 Å². The van der Waals surface area contributed by atoms with Crippen molar-refractivity contribution in [1.82, 2.24) is 15.2 Å². The fourth-order valence-corrected chi connectivity index (χ4v) is 2.10. The average Bonchev–Trinajstić information content (AvgIpc) is 2.62. The van der Waals surface area contributed by atoms with Gasteiger partial charge >= 0.3 is 0 Å². The molecule has 0 saturated carbocycles. The average molecular weight is 244 g/mol. The zero-order valence-corrected chi connectivity index (χ0v) is 11.0. The highest BCUT2D eigenvalue weighted by atomic mass is 16.1. The van der Waals surface area contributed by atoms with Crippen LogP contribution in [-0.2, 0) is 0 Å². The molecule has 0 radical (unpaired) electrons. The predicted octanol–water partition coefficient (Wildman–Crippen LogP) is 2.29. The second kappa shape index (κ2) is 4.60. The molecule has 0 aliphatic heterocycles. The standard InChI is InChI=1S/C13H16N4O/c1-7-5-8(2)11(9(3)6-7)12(18)15-13-14-10(4)16-17-13/h5-6H,1-4H3,(H2,14,15,16,17,18). The minimum atomic E-state index is -0.177. The second-order valence-corrected chi connectivity index (χ2v) is 4.47. The van der Waals surface area contributed by atoms with Crippen molar-refractivity contribution in [3.05, 3.63) is 40.2 Å². The zero-order chi connectivity index (χ0) is 13.3. The van der Waals surface area contributed by atoms with Crippen molar-refractivity contribution in [2.24, 2.45) is 0 Å². The molecule has 0 saturated heterocycles. The highest BCUT2D eigenvalue weighted by Gasteiger charge is 2.14. The normalized spacial score (nSPS) is 10.4. The number of H-pyrrole nitrogens is 1. The third-order valence-electron chi connectivity index (χ3n) is 2.73. The first-order valence-corrected chi connectivity index (χ1v) is 5.75. The summed E-state index contributed by atoms with van der Waals surface area (Å²) in [5, 5.41) is 9.27. The Morgan fingerprint density at radius 3 is 2.28 bits per heavy atom. The highest BCUT2D eigenvalue weighted by Crippen LogP contribution is 2.17. The van der Waals surface area contributed by atoms with Crippen LogP contribution in [0.3, 0.4) is 0 Å². The van der Waals surface area contributed by atoms with E-state index in [-0.39, 0.29) is 5.91 Å². The van der Waals surface area contributed by atoms with Crippen molar-refractivity contribution in [2.45, 2.75) is 27.7 Å². The number of rotatable bonds is 2. The molecule has 0 unspecified atom stereocenters. The first-order valence-electron chi connectivity index (χ1n) is 5.75. The lowest BCUT2D eigenvalue weighted by Crippen LogP contribution is -2.16. The predicted molar refractivity (Wildman–Crippen MR) is 69.7 cm³/mol. The number of carbonyl (C=O) groups is 1. The Labute approximate surface area is 106 Å². The van der Waals surface area contributed by atoms with E-state index >= 15 is 0 Å². The number of carbonyl (C=O) groups excluding carboxylic acids is 1. The van der Waals surface area contributed by atoms with Gasteiger partial charge in [0.2, 0.25) is 5.95 Å². The highest BCUT2D eigenvalue weighted by molar-refractivity contribution is 6.05. The van der Waals surface area contributed by atoms with Crippen LogP contribution in [0.15, 0.2) is 12.1 Å². The summed E-state index contributed by atoms with van der Waals surface area (Å²) in [6.45, 7) is 7.65. The molecule has 0 spiro atoms. The zero-order valence-electron chi connectivity index (χ0n) is 11.0. The molecule has 1 aromatic carbocycles. The summed E-state index contributed by atoms with van der Waals surface area (Å²) in [7, 11) is 0. The Hall–Kier alpha value is -2.17. The van der Waals surface area contributed by atoms with E-state index in [1.165, 1.54) is 0 Å². The van der Waals surface area contributed by atoms with Gasteiger partial charge in [-0.05, 0) is 38.8 Å². The maximum Gasteiger partial charge on any atom is 0.258 e. The van der Waals surface area contributed by atoms with Crippen LogP contribution in [0.4, 0.5) is 5.95 Å². The number of hydrogen-bond acceptors (Lipinski definition) is 3. The molecule has 0 aliphatic rings. The van der Waals surface area contributed by atoms with Crippen LogP contribution in [0.1, 0.15) is 32.9 Å². The number of hydrogen-bond donors (Lipinski definition) is 2. The largest absolute Gasteiger partial charge is 0.289 e. The summed E-state index contributed by atoms with van der Waals surface area (Å²) in [4.78, 5) is 16.2. The molecule has 1 aromatic heterocycles. The molecule has 0 atom stereocenters. The maximum absolute atomic E-state index is 12.2. The molecule has 1 heterocycles. The van der Waals surface area contributed by atoms with Crippen molar-refractivity contribution in [2.75, 3.05) is 5.32 Å². The van der Waals surface area contributed by atoms with Crippen LogP contribution >= 0.6 is 0 Å². The van der Waals surface area contributed by atoms with E-state index in [0.29, 0.717) is 17.3 Å². The van der Waals surface area contributed by atoms with Crippen molar-refractivity contribution in [3.8, 4) is 0 Å². The summed E-state index contributed by atoms with van der Waals surface area (Å²) in [5.41, 5.74) is 3.74. The number of aromatic nitrogens is 3. The van der Waals surface area contributed by atoms with Crippen LogP contribution in [0.25, 0.3) is 0 Å². The molecule has 5 nitrogen and oxygen atoms in total. The van der Waals surface area contributed by atoms with Crippen molar-refractivity contribution in [3.63, 3.8) is 0 Å². The Morgan fingerprint density at radius 1 is 1.17 bits per heavy atom. The molecule has 2 rings (SSSR count). The summed E-state index contributed by atoms with van der Waals surface area (Å²) in [6.07, 6.45) is 0. The molecule has 5 heteroatoms. The van der Waals surface area contributed by atoms with Crippen LogP contribution in [0, 0.1) is 27.7 Å². The van der Waals surface area contributed by atoms with Gasteiger partial charge in [-0.15, -0.1) is 5.10 Å². The first kappa shape index (κ1) is 12.3. The Balaban J connectivity index is 2.29. The van der Waals surface area contributed by atoms with Gasteiger partial charge in [-0.3, -0.25) is 15.2 Å². The molecule has 0 aliphatic carbocycles. The third kappa shape index (κ3) is 2.40. The fourth-order valence-electron chi connectivity index (χ4n) is 2.10. The van der Waals surface area contributed by atoms with Gasteiger partial charge in [0.05, 0.1) is 0 Å². The van der Waals surface area contributed by atoms with Crippen molar-refractivity contribution >= 4 is 11.9 Å². The number of aromatic amines is 1. The number of amides is 1. The van der Waals surface area contributed by atoms with E-state index in [2.05, 4.69) is 20.5 Å². The van der Waals surface area contributed by atoms with Gasteiger partial charge in [-0.25, -0.2) is 0 Å². The van der Waals surface area contributed by atoms with E-state index in [9.17, 15) is 4.79 Å². The number of aryl methyl sites for hydroxylation is 4. The fraction of sp³-hybridized carbons (Fsp3) is 0.308. The van der Waals surface area contributed by atoms with E-state index < -0.39 is 0 Å². The lowest BCUT2D eigenvalue weighted by Gasteiger charge is -2.09. The molecule has 0 fully saturated rings. The van der Waals surface area contributed by atoms with Gasteiger partial charge in [0.25, 0.3) is 5.91 Å². The summed E-state index contributed by atoms with van der Waals surface area (Å²) in [5.74, 6) is 0.795. The van der Waals surface area contributed by atoms with Gasteiger partial charge in [0, 0.05) is 5.56 Å². The molecule has 2 aromatic rings. The summed E-state index contributed by atoms with van der Waals surface area (Å²) < 4.78 is 0. The van der Waals surface area contributed by atoms with Crippen LogP contribution in [-0.4, -0.2) is 21.1 Å². The van der Waals surface area contributed by atoms with E-state index in [0.717, 1.165) is 16.7 Å². The van der Waals surface area contributed by atoms with Gasteiger partial charge in [-0.2, -0.15) is 4.98 Å². The first-order chi connectivity index (χ1) is 8.47. The second-order valence-electron chi connectivity index (χ2n) is 4.47. The Kier molecular flexibility index (Phi) is 3.14. The molecule has 2 N–H and O–H groups in total. The topological polar surface area (TPSA) is 70.7 Å². The Morgan fingerprint density at radius 2 is 1.78 bits per heavy atom. The van der Waals surface area contributed by atoms with Crippen LogP contribution in [0.5, 0.6) is 0 Å². The summed E-state index contributed by atoms with van der Waals surface area (Å²) in [6, 6.07) is 3.98. The minimum absolute atomic E-state index is 0.177. The number of nitrogens with zero attached hydrogens (tertiary/aromatic N) is 2. The van der Waals surface area contributed by atoms with Gasteiger partial charge < -0.3 is 0 Å².